The maximum Gasteiger partial charge on any atom is 0.128 e. The Morgan fingerprint density at radius 1 is 1.22 bits per heavy atom. The van der Waals surface area contributed by atoms with Crippen molar-refractivity contribution < 1.29 is 0 Å². The van der Waals surface area contributed by atoms with Gasteiger partial charge in [-0.2, -0.15) is 0 Å². The van der Waals surface area contributed by atoms with Crippen molar-refractivity contribution in [2.24, 2.45) is 0 Å². The van der Waals surface area contributed by atoms with Crippen LogP contribution in [0, 0.1) is 7.40 Å². The van der Waals surface area contributed by atoms with Crippen LogP contribution < -0.4 is 5.73 Å². The first-order chi connectivity index (χ1) is 4.22. The molecule has 48 valence electrons. The number of halogens is 2. The largest absolute Gasteiger partial charge is 0.394 e. The number of aromatic nitrogens is 2. The summed E-state index contributed by atoms with van der Waals surface area (Å²) in [6, 6.07) is 0. The number of nitrogens with two attached hydrogens (primary N) is 1. The van der Waals surface area contributed by atoms with Gasteiger partial charge < -0.3 is 5.73 Å². The van der Waals surface area contributed by atoms with E-state index in [2.05, 4.69) is 55.1 Å². The van der Waals surface area contributed by atoms with Crippen LogP contribution in [0.5, 0.6) is 0 Å². The van der Waals surface area contributed by atoms with Crippen molar-refractivity contribution in [3.63, 3.8) is 0 Å². The van der Waals surface area contributed by atoms with Gasteiger partial charge in [0, 0.05) is 0 Å². The monoisotopic (exact) mass is 347 g/mol. The summed E-state index contributed by atoms with van der Waals surface area (Å²) in [6.07, 6.45) is 1.50. The van der Waals surface area contributed by atoms with Crippen LogP contribution in [0.1, 0.15) is 0 Å². The van der Waals surface area contributed by atoms with Gasteiger partial charge in [-0.05, 0) is 45.2 Å². The van der Waals surface area contributed by atoms with E-state index in [1.807, 2.05) is 0 Å². The highest BCUT2D eigenvalue weighted by Crippen LogP contribution is 2.15. The summed E-state index contributed by atoms with van der Waals surface area (Å²) in [5, 5.41) is 0. The molecule has 3 nitrogen and oxygen atoms in total. The molecule has 9 heavy (non-hydrogen) atoms. The number of hydrogen-bond donors (Lipinski definition) is 1. The van der Waals surface area contributed by atoms with Crippen LogP contribution in [-0.4, -0.2) is 9.97 Å². The van der Waals surface area contributed by atoms with Crippen LogP contribution in [-0.2, 0) is 0 Å². The molecule has 0 radical (unpaired) electrons. The third-order valence-corrected chi connectivity index (χ3v) is 2.51. The second kappa shape index (κ2) is 2.95. The summed E-state index contributed by atoms with van der Waals surface area (Å²) >= 11 is 4.14. The van der Waals surface area contributed by atoms with E-state index in [0.29, 0.717) is 5.69 Å². The number of nitrogen functional groups attached to an aromatic ring is 1. The van der Waals surface area contributed by atoms with E-state index in [9.17, 15) is 0 Å². The Kier molecular flexibility index (Phi) is 2.44. The first-order valence-corrected chi connectivity index (χ1v) is 4.29. The lowest BCUT2D eigenvalue weighted by atomic mass is 10.6. The molecule has 0 aliphatic rings. The Bertz CT molecular complexity index is 205. The first-order valence-electron chi connectivity index (χ1n) is 2.13. The molecule has 1 aromatic heterocycles. The first kappa shape index (κ1) is 7.45. The lowest BCUT2D eigenvalue weighted by Crippen LogP contribution is -1.97. The summed E-state index contributed by atoms with van der Waals surface area (Å²) < 4.78 is 1.62. The molecule has 0 unspecified atom stereocenters. The second-order valence-electron chi connectivity index (χ2n) is 1.37. The van der Waals surface area contributed by atoms with Gasteiger partial charge in [0.1, 0.15) is 13.7 Å². The molecule has 0 spiro atoms. The van der Waals surface area contributed by atoms with E-state index in [4.69, 9.17) is 5.73 Å². The molecule has 1 rings (SSSR count). The zero-order valence-corrected chi connectivity index (χ0v) is 8.62. The third kappa shape index (κ3) is 1.63. The van der Waals surface area contributed by atoms with Crippen LogP contribution in [0.15, 0.2) is 6.33 Å². The molecule has 1 aromatic rings. The highest BCUT2D eigenvalue weighted by molar-refractivity contribution is 14.1. The molecule has 0 fully saturated rings. The number of anilines is 1. The Hall–Kier alpha value is 0.340. The van der Waals surface area contributed by atoms with Crippen molar-refractivity contribution in [1.82, 2.24) is 9.97 Å². The minimum atomic E-state index is 0.665. The quantitative estimate of drug-likeness (QED) is 0.568. The van der Waals surface area contributed by atoms with Gasteiger partial charge in [-0.15, -0.1) is 0 Å². The summed E-state index contributed by atoms with van der Waals surface area (Å²) in [4.78, 5) is 7.77. The summed E-state index contributed by atoms with van der Waals surface area (Å²) in [7, 11) is 0. The van der Waals surface area contributed by atoms with E-state index < -0.39 is 0 Å². The van der Waals surface area contributed by atoms with Crippen LogP contribution in [0.25, 0.3) is 0 Å². The predicted octanol–water partition coefficient (Wildman–Crippen LogP) is 1.27. The summed E-state index contributed by atoms with van der Waals surface area (Å²) in [6.45, 7) is 0. The Morgan fingerprint density at radius 3 is 2.00 bits per heavy atom. The fourth-order valence-corrected chi connectivity index (χ4v) is 1.63. The van der Waals surface area contributed by atoms with E-state index >= 15 is 0 Å². The van der Waals surface area contributed by atoms with Gasteiger partial charge in [0.15, 0.2) is 0 Å². The highest BCUT2D eigenvalue weighted by Gasteiger charge is 1.99. The van der Waals surface area contributed by atoms with E-state index in [0.717, 1.165) is 7.40 Å². The van der Waals surface area contributed by atoms with Gasteiger partial charge in [0.2, 0.25) is 0 Å². The number of hydrogen-bond acceptors (Lipinski definition) is 3. The number of nitrogens with zero attached hydrogens (tertiary/aromatic N) is 2. The average Bonchev–Trinajstić information content (AvgIpc) is 1.83. The molecule has 1 heterocycles. The van der Waals surface area contributed by atoms with Gasteiger partial charge in [-0.1, -0.05) is 0 Å². The molecule has 5 heteroatoms. The molecule has 2 N–H and O–H groups in total. The van der Waals surface area contributed by atoms with Gasteiger partial charge >= 0.3 is 0 Å². The molecule has 0 aliphatic heterocycles. The van der Waals surface area contributed by atoms with Gasteiger partial charge in [0.05, 0.1) is 5.69 Å². The Morgan fingerprint density at radius 2 is 1.67 bits per heavy atom. The maximum absolute atomic E-state index is 5.54. The minimum absolute atomic E-state index is 0.665. The van der Waals surface area contributed by atoms with Crippen molar-refractivity contribution >= 4 is 50.9 Å². The van der Waals surface area contributed by atoms with Crippen LogP contribution in [0.4, 0.5) is 5.69 Å². The summed E-state index contributed by atoms with van der Waals surface area (Å²) in [5.41, 5.74) is 6.21. The SMILES string of the molecule is Nc1c(I)ncnc1I. The van der Waals surface area contributed by atoms with E-state index in [-0.39, 0.29) is 0 Å². The highest BCUT2D eigenvalue weighted by atomic mass is 127. The minimum Gasteiger partial charge on any atom is -0.394 e. The normalized spacial score (nSPS) is 9.56. The van der Waals surface area contributed by atoms with E-state index in [1.165, 1.54) is 6.33 Å². The molecule has 0 saturated heterocycles. The molecule has 0 aromatic carbocycles. The van der Waals surface area contributed by atoms with Crippen LogP contribution in [0.3, 0.4) is 0 Å². The van der Waals surface area contributed by atoms with Gasteiger partial charge in [-0.3, -0.25) is 0 Å². The topological polar surface area (TPSA) is 51.8 Å². The smallest absolute Gasteiger partial charge is 0.128 e. The Labute approximate surface area is 79.7 Å². The van der Waals surface area contributed by atoms with Gasteiger partial charge in [-0.25, -0.2) is 9.97 Å². The van der Waals surface area contributed by atoms with Crippen LogP contribution >= 0.6 is 45.2 Å². The lowest BCUT2D eigenvalue weighted by molar-refractivity contribution is 1.11. The van der Waals surface area contributed by atoms with Crippen molar-refractivity contribution in [2.45, 2.75) is 0 Å². The molecule has 0 aliphatic carbocycles. The fourth-order valence-electron chi connectivity index (χ4n) is 0.354. The zero-order valence-electron chi connectivity index (χ0n) is 4.31. The lowest BCUT2D eigenvalue weighted by Gasteiger charge is -1.95. The van der Waals surface area contributed by atoms with Crippen molar-refractivity contribution in [3.8, 4) is 0 Å². The Balaban J connectivity index is 3.25. The molecule has 0 atom stereocenters. The second-order valence-corrected chi connectivity index (χ2v) is 3.41. The maximum atomic E-state index is 5.54. The summed E-state index contributed by atoms with van der Waals surface area (Å²) in [5.74, 6) is 0. The third-order valence-electron chi connectivity index (χ3n) is 0.787. The molecule has 0 bridgehead atoms. The molecule has 0 amide bonds. The van der Waals surface area contributed by atoms with Crippen molar-refractivity contribution in [1.29, 1.82) is 0 Å². The van der Waals surface area contributed by atoms with Gasteiger partial charge in [0.25, 0.3) is 0 Å². The average molecular weight is 347 g/mol. The number of rotatable bonds is 0. The zero-order chi connectivity index (χ0) is 6.85. The van der Waals surface area contributed by atoms with E-state index in [1.54, 1.807) is 0 Å². The van der Waals surface area contributed by atoms with Crippen molar-refractivity contribution in [2.75, 3.05) is 5.73 Å². The predicted molar refractivity (Wildman–Crippen MR) is 51.9 cm³/mol. The molecular formula is C4H3I2N3. The molecule has 0 saturated carbocycles. The van der Waals surface area contributed by atoms with Crippen LogP contribution in [0.2, 0.25) is 0 Å². The standard InChI is InChI=1S/C4H3I2N3/c5-3-2(7)4(6)9-1-8-3/h1H,7H2. The molecular weight excluding hydrogens is 344 g/mol. The fraction of sp³-hybridized carbons (Fsp3) is 0. The van der Waals surface area contributed by atoms with Crippen molar-refractivity contribution in [3.05, 3.63) is 13.7 Å².